The van der Waals surface area contributed by atoms with E-state index in [0.29, 0.717) is 20.1 Å². The summed E-state index contributed by atoms with van der Waals surface area (Å²) >= 11 is 2.52. The second-order valence-corrected chi connectivity index (χ2v) is 9.87. The molecule has 0 aliphatic carbocycles. The SMILES string of the molecule is C#CCn1c(=NC(=O)c2sc(C)nc2C)sc2cc(S(C)(=O)=O)ccc21. The van der Waals surface area contributed by atoms with Crippen molar-refractivity contribution in [3.63, 3.8) is 0 Å². The maximum absolute atomic E-state index is 12.6. The first kappa shape index (κ1) is 18.5. The summed E-state index contributed by atoms with van der Waals surface area (Å²) < 4.78 is 26.0. The van der Waals surface area contributed by atoms with Crippen LogP contribution in [0.3, 0.4) is 0 Å². The summed E-state index contributed by atoms with van der Waals surface area (Å²) in [6.45, 7) is 3.83. The van der Waals surface area contributed by atoms with E-state index >= 15 is 0 Å². The van der Waals surface area contributed by atoms with Gasteiger partial charge in [0.1, 0.15) is 4.88 Å². The Bertz CT molecular complexity index is 1240. The van der Waals surface area contributed by atoms with E-state index in [1.165, 1.54) is 28.7 Å². The van der Waals surface area contributed by atoms with Crippen molar-refractivity contribution < 1.29 is 13.2 Å². The molecular weight excluding hydrogens is 390 g/mol. The van der Waals surface area contributed by atoms with Crippen LogP contribution < -0.4 is 4.80 Å². The number of aromatic nitrogens is 2. The number of fused-ring (bicyclic) bond motifs is 1. The number of terminal acetylenes is 1. The molecule has 0 spiro atoms. The second kappa shape index (κ2) is 6.79. The quantitative estimate of drug-likeness (QED) is 0.627. The Morgan fingerprint density at radius 1 is 1.35 bits per heavy atom. The molecule has 1 amide bonds. The number of sulfone groups is 1. The summed E-state index contributed by atoms with van der Waals surface area (Å²) in [5, 5.41) is 0.798. The molecule has 2 heterocycles. The van der Waals surface area contributed by atoms with Crippen molar-refractivity contribution in [2.75, 3.05) is 6.26 Å². The number of carbonyl (C=O) groups is 1. The van der Waals surface area contributed by atoms with Crippen molar-refractivity contribution in [1.82, 2.24) is 9.55 Å². The minimum absolute atomic E-state index is 0.214. The monoisotopic (exact) mass is 405 g/mol. The van der Waals surface area contributed by atoms with E-state index in [9.17, 15) is 13.2 Å². The van der Waals surface area contributed by atoms with Gasteiger partial charge in [0.25, 0.3) is 5.91 Å². The van der Waals surface area contributed by atoms with Gasteiger partial charge >= 0.3 is 0 Å². The molecule has 0 saturated carbocycles. The van der Waals surface area contributed by atoms with Crippen LogP contribution in [0.5, 0.6) is 0 Å². The highest BCUT2D eigenvalue weighted by Gasteiger charge is 2.15. The summed E-state index contributed by atoms with van der Waals surface area (Å²) in [7, 11) is -3.33. The van der Waals surface area contributed by atoms with Crippen LogP contribution in [0.1, 0.15) is 20.4 Å². The molecule has 3 aromatic rings. The van der Waals surface area contributed by atoms with Crippen LogP contribution in [0.4, 0.5) is 0 Å². The molecule has 0 aliphatic heterocycles. The zero-order valence-corrected chi connectivity index (χ0v) is 16.8. The Kier molecular flexibility index (Phi) is 4.84. The highest BCUT2D eigenvalue weighted by molar-refractivity contribution is 7.90. The normalized spacial score (nSPS) is 12.5. The zero-order chi connectivity index (χ0) is 19.1. The Morgan fingerprint density at radius 2 is 2.08 bits per heavy atom. The third kappa shape index (κ3) is 3.49. The predicted octanol–water partition coefficient (Wildman–Crippen LogP) is 2.55. The average molecular weight is 406 g/mol. The summed E-state index contributed by atoms with van der Waals surface area (Å²) in [5.74, 6) is 2.17. The van der Waals surface area contributed by atoms with Gasteiger partial charge in [0.15, 0.2) is 14.6 Å². The van der Waals surface area contributed by atoms with Crippen LogP contribution in [0, 0.1) is 26.2 Å². The lowest BCUT2D eigenvalue weighted by Gasteiger charge is -2.01. The molecule has 0 atom stereocenters. The van der Waals surface area contributed by atoms with Crippen LogP contribution in [0.25, 0.3) is 10.2 Å². The van der Waals surface area contributed by atoms with Gasteiger partial charge < -0.3 is 4.57 Å². The Labute approximate surface area is 158 Å². The number of thiazole rings is 2. The Morgan fingerprint density at radius 3 is 2.65 bits per heavy atom. The highest BCUT2D eigenvalue weighted by Crippen LogP contribution is 2.22. The highest BCUT2D eigenvalue weighted by atomic mass is 32.2. The molecule has 0 unspecified atom stereocenters. The number of nitrogens with zero attached hydrogens (tertiary/aromatic N) is 3. The lowest BCUT2D eigenvalue weighted by molar-refractivity contribution is 0.100. The molecule has 0 aliphatic rings. The van der Waals surface area contributed by atoms with E-state index in [0.717, 1.165) is 16.8 Å². The summed E-state index contributed by atoms with van der Waals surface area (Å²) in [4.78, 5) is 22.2. The van der Waals surface area contributed by atoms with E-state index in [2.05, 4.69) is 15.9 Å². The Balaban J connectivity index is 2.21. The molecule has 1 aromatic carbocycles. The average Bonchev–Trinajstić information content (AvgIpc) is 3.06. The topological polar surface area (TPSA) is 81.4 Å². The van der Waals surface area contributed by atoms with E-state index in [4.69, 9.17) is 6.42 Å². The maximum Gasteiger partial charge on any atom is 0.291 e. The third-order valence-electron chi connectivity index (χ3n) is 3.63. The van der Waals surface area contributed by atoms with Crippen molar-refractivity contribution in [1.29, 1.82) is 0 Å². The van der Waals surface area contributed by atoms with Crippen LogP contribution in [-0.4, -0.2) is 30.1 Å². The summed E-state index contributed by atoms with van der Waals surface area (Å²) in [6.07, 6.45) is 6.61. The zero-order valence-electron chi connectivity index (χ0n) is 14.3. The van der Waals surface area contributed by atoms with Gasteiger partial charge in [0, 0.05) is 6.26 Å². The van der Waals surface area contributed by atoms with Gasteiger partial charge in [-0.15, -0.1) is 17.8 Å². The molecule has 0 saturated heterocycles. The van der Waals surface area contributed by atoms with Crippen molar-refractivity contribution in [2.24, 2.45) is 4.99 Å². The third-order valence-corrected chi connectivity index (χ3v) is 6.84. The van der Waals surface area contributed by atoms with Crippen LogP contribution in [0.15, 0.2) is 28.1 Å². The smallest absolute Gasteiger partial charge is 0.291 e. The minimum atomic E-state index is -3.33. The molecule has 0 bridgehead atoms. The molecule has 0 N–H and O–H groups in total. The number of carbonyl (C=O) groups excluding carboxylic acids is 1. The van der Waals surface area contributed by atoms with E-state index in [1.807, 2.05) is 6.92 Å². The number of hydrogen-bond acceptors (Lipinski definition) is 6. The van der Waals surface area contributed by atoms with Gasteiger partial charge in [-0.25, -0.2) is 13.4 Å². The lowest BCUT2D eigenvalue weighted by Crippen LogP contribution is -2.16. The van der Waals surface area contributed by atoms with Gasteiger partial charge in [0.05, 0.1) is 32.4 Å². The first-order valence-electron chi connectivity index (χ1n) is 7.50. The molecule has 6 nitrogen and oxygen atoms in total. The van der Waals surface area contributed by atoms with Gasteiger partial charge in [-0.3, -0.25) is 4.79 Å². The van der Waals surface area contributed by atoms with Crippen LogP contribution in [-0.2, 0) is 16.4 Å². The number of aryl methyl sites for hydroxylation is 2. The van der Waals surface area contributed by atoms with Gasteiger partial charge in [-0.1, -0.05) is 17.3 Å². The minimum Gasteiger partial charge on any atom is -0.305 e. The molecule has 134 valence electrons. The molecule has 2 aromatic heterocycles. The van der Waals surface area contributed by atoms with E-state index in [1.54, 1.807) is 23.6 Å². The van der Waals surface area contributed by atoms with E-state index < -0.39 is 9.84 Å². The predicted molar refractivity (Wildman–Crippen MR) is 103 cm³/mol. The van der Waals surface area contributed by atoms with Crippen molar-refractivity contribution in [3.05, 3.63) is 38.6 Å². The largest absolute Gasteiger partial charge is 0.305 e. The number of benzene rings is 1. The first-order valence-corrected chi connectivity index (χ1v) is 11.0. The lowest BCUT2D eigenvalue weighted by atomic mass is 10.3. The van der Waals surface area contributed by atoms with Crippen molar-refractivity contribution in [3.8, 4) is 12.3 Å². The fraction of sp³-hybridized carbons (Fsp3) is 0.235. The van der Waals surface area contributed by atoms with Crippen molar-refractivity contribution >= 4 is 48.6 Å². The maximum atomic E-state index is 12.6. The first-order chi connectivity index (χ1) is 12.2. The molecule has 3 rings (SSSR count). The molecule has 0 radical (unpaired) electrons. The summed E-state index contributed by atoms with van der Waals surface area (Å²) in [5.41, 5.74) is 1.38. The van der Waals surface area contributed by atoms with Crippen molar-refractivity contribution in [2.45, 2.75) is 25.3 Å². The summed E-state index contributed by atoms with van der Waals surface area (Å²) in [6, 6.07) is 4.79. The molecule has 0 fully saturated rings. The second-order valence-electron chi connectivity index (χ2n) is 5.64. The van der Waals surface area contributed by atoms with Crippen LogP contribution >= 0.6 is 22.7 Å². The molecule has 26 heavy (non-hydrogen) atoms. The molecule has 9 heteroatoms. The molecular formula is C17H15N3O3S3. The van der Waals surface area contributed by atoms with E-state index in [-0.39, 0.29) is 17.3 Å². The fourth-order valence-electron chi connectivity index (χ4n) is 2.48. The van der Waals surface area contributed by atoms with Gasteiger partial charge in [-0.2, -0.15) is 4.99 Å². The number of rotatable bonds is 3. The Hall–Kier alpha value is -2.28. The van der Waals surface area contributed by atoms with Crippen LogP contribution in [0.2, 0.25) is 0 Å². The standard InChI is InChI=1S/C17H15N3O3S3/c1-5-8-20-13-7-6-12(26(4,22)23)9-14(13)25-17(20)19-16(21)15-10(2)18-11(3)24-15/h1,6-7,9H,8H2,2-4H3. The number of hydrogen-bond donors (Lipinski definition) is 0. The fourth-order valence-corrected chi connectivity index (χ4v) is 5.07. The van der Waals surface area contributed by atoms with Gasteiger partial charge in [0.2, 0.25) is 0 Å². The van der Waals surface area contributed by atoms with Gasteiger partial charge in [-0.05, 0) is 32.0 Å². The number of amides is 1.